The van der Waals surface area contributed by atoms with Crippen molar-refractivity contribution in [1.29, 1.82) is 5.26 Å². The van der Waals surface area contributed by atoms with E-state index in [-0.39, 0.29) is 11.1 Å². The fourth-order valence-electron chi connectivity index (χ4n) is 3.68. The Kier molecular flexibility index (Phi) is 3.02. The molecule has 116 valence electrons. The predicted molar refractivity (Wildman–Crippen MR) is 87.8 cm³/mol. The molecule has 1 spiro atoms. The number of fused-ring (bicyclic) bond motifs is 1. The summed E-state index contributed by atoms with van der Waals surface area (Å²) in [5, 5.41) is 10.2. The first-order valence-electron chi connectivity index (χ1n) is 7.96. The third-order valence-corrected chi connectivity index (χ3v) is 5.36. The molecule has 1 N–H and O–H groups in total. The van der Waals surface area contributed by atoms with Crippen LogP contribution >= 0.6 is 0 Å². The van der Waals surface area contributed by atoms with Gasteiger partial charge in [0.15, 0.2) is 0 Å². The van der Waals surface area contributed by atoms with Crippen molar-refractivity contribution in [3.63, 3.8) is 0 Å². The lowest BCUT2D eigenvalue weighted by molar-refractivity contribution is 0.112. The Balaban J connectivity index is 1.89. The van der Waals surface area contributed by atoms with Crippen molar-refractivity contribution in [2.75, 3.05) is 18.0 Å². The van der Waals surface area contributed by atoms with Crippen LogP contribution in [-0.2, 0) is 0 Å². The highest BCUT2D eigenvalue weighted by atomic mass is 16.1. The van der Waals surface area contributed by atoms with Gasteiger partial charge in [0.1, 0.15) is 17.9 Å². The summed E-state index contributed by atoms with van der Waals surface area (Å²) in [7, 11) is 0. The second-order valence-corrected chi connectivity index (χ2v) is 6.70. The quantitative estimate of drug-likeness (QED) is 0.865. The maximum Gasteiger partial charge on any atom is 0.268 e. The van der Waals surface area contributed by atoms with Crippen LogP contribution < -0.4 is 10.5 Å². The minimum Gasteiger partial charge on any atom is -0.370 e. The van der Waals surface area contributed by atoms with E-state index in [1.54, 1.807) is 18.2 Å². The van der Waals surface area contributed by atoms with Crippen LogP contribution in [0.4, 0.5) is 5.69 Å². The number of nitrogens with one attached hydrogen (secondary N) is 1. The lowest BCUT2D eigenvalue weighted by atomic mass is 9.92. The Morgan fingerprint density at radius 1 is 1.22 bits per heavy atom. The number of piperidine rings is 1. The largest absolute Gasteiger partial charge is 0.370 e. The molecule has 2 fully saturated rings. The van der Waals surface area contributed by atoms with Crippen LogP contribution in [0.25, 0.3) is 10.9 Å². The van der Waals surface area contributed by atoms with Crippen LogP contribution in [0.2, 0.25) is 0 Å². The van der Waals surface area contributed by atoms with Crippen LogP contribution in [0, 0.1) is 16.7 Å². The Hall–Kier alpha value is -2.61. The van der Waals surface area contributed by atoms with Gasteiger partial charge < -0.3 is 9.88 Å². The zero-order chi connectivity index (χ0) is 16.0. The molecule has 1 aromatic heterocycles. The second-order valence-electron chi connectivity index (χ2n) is 6.70. The molecule has 4 rings (SSSR count). The molecule has 5 heteroatoms. The highest BCUT2D eigenvalue weighted by molar-refractivity contribution is 5.97. The fraction of sp³-hybridized carbons (Fsp3) is 0.389. The third kappa shape index (κ3) is 2.22. The normalized spacial score (nSPS) is 18.8. The van der Waals surface area contributed by atoms with E-state index in [4.69, 9.17) is 0 Å². The summed E-state index contributed by atoms with van der Waals surface area (Å²) < 4.78 is 0. The molecule has 2 heterocycles. The summed E-state index contributed by atoms with van der Waals surface area (Å²) in [4.78, 5) is 28.2. The molecule has 1 aliphatic carbocycles. The van der Waals surface area contributed by atoms with Crippen molar-refractivity contribution in [1.82, 2.24) is 4.98 Å². The number of H-pyrrole nitrogens is 1. The lowest BCUT2D eigenvalue weighted by Crippen LogP contribution is -2.36. The number of aldehydes is 1. The number of anilines is 1. The molecule has 2 aliphatic rings. The minimum atomic E-state index is -0.361. The lowest BCUT2D eigenvalue weighted by Gasteiger charge is -2.34. The van der Waals surface area contributed by atoms with Gasteiger partial charge in [0.05, 0.1) is 11.2 Å². The van der Waals surface area contributed by atoms with E-state index in [1.165, 1.54) is 12.8 Å². The number of carbonyl (C=O) groups is 1. The number of benzene rings is 1. The van der Waals surface area contributed by atoms with Gasteiger partial charge in [0.2, 0.25) is 0 Å². The average Bonchev–Trinajstić information content (AvgIpc) is 3.33. The van der Waals surface area contributed by atoms with Gasteiger partial charge in [-0.2, -0.15) is 5.26 Å². The maximum absolute atomic E-state index is 12.2. The molecule has 1 saturated heterocycles. The Labute approximate surface area is 133 Å². The molecular formula is C18H17N3O2. The van der Waals surface area contributed by atoms with Gasteiger partial charge in [-0.1, -0.05) is 0 Å². The molecule has 23 heavy (non-hydrogen) atoms. The van der Waals surface area contributed by atoms with Crippen molar-refractivity contribution >= 4 is 22.9 Å². The SMILES string of the molecule is N#Cc1c(N2CCC3(CC2)CC3)c2cc(C=O)ccc2[nH]c1=O. The van der Waals surface area contributed by atoms with Crippen molar-refractivity contribution in [3.05, 3.63) is 39.7 Å². The molecule has 0 radical (unpaired) electrons. The van der Waals surface area contributed by atoms with Gasteiger partial charge in [0, 0.05) is 24.0 Å². The summed E-state index contributed by atoms with van der Waals surface area (Å²) in [6, 6.07) is 7.22. The van der Waals surface area contributed by atoms with Gasteiger partial charge in [-0.3, -0.25) is 9.59 Å². The molecule has 0 bridgehead atoms. The summed E-state index contributed by atoms with van der Waals surface area (Å²) in [5.41, 5.74) is 2.21. The first-order valence-corrected chi connectivity index (χ1v) is 7.96. The van der Waals surface area contributed by atoms with Crippen LogP contribution in [0.1, 0.15) is 41.6 Å². The number of hydrogen-bond donors (Lipinski definition) is 1. The van der Waals surface area contributed by atoms with Gasteiger partial charge in [-0.15, -0.1) is 0 Å². The highest BCUT2D eigenvalue weighted by Crippen LogP contribution is 2.54. The van der Waals surface area contributed by atoms with E-state index in [0.717, 1.165) is 37.6 Å². The predicted octanol–water partition coefficient (Wildman–Crippen LogP) is 2.59. The summed E-state index contributed by atoms with van der Waals surface area (Å²) >= 11 is 0. The highest BCUT2D eigenvalue weighted by Gasteiger charge is 2.44. The Morgan fingerprint density at radius 3 is 2.57 bits per heavy atom. The van der Waals surface area contributed by atoms with Gasteiger partial charge in [0.25, 0.3) is 5.56 Å². The number of carbonyl (C=O) groups excluding carboxylic acids is 1. The second kappa shape index (κ2) is 4.95. The molecule has 0 atom stereocenters. The van der Waals surface area contributed by atoms with Gasteiger partial charge >= 0.3 is 0 Å². The molecule has 1 aromatic carbocycles. The van der Waals surface area contributed by atoms with Crippen molar-refractivity contribution in [2.24, 2.45) is 5.41 Å². The van der Waals surface area contributed by atoms with Crippen molar-refractivity contribution in [2.45, 2.75) is 25.7 Å². The summed E-state index contributed by atoms with van der Waals surface area (Å²) in [6.07, 6.45) is 5.61. The van der Waals surface area contributed by atoms with Crippen molar-refractivity contribution in [3.8, 4) is 6.07 Å². The van der Waals surface area contributed by atoms with E-state index in [9.17, 15) is 14.9 Å². The van der Waals surface area contributed by atoms with E-state index >= 15 is 0 Å². The van der Waals surface area contributed by atoms with Gasteiger partial charge in [-0.05, 0) is 49.3 Å². The van der Waals surface area contributed by atoms with Crippen LogP contribution in [0.15, 0.2) is 23.0 Å². The minimum absolute atomic E-state index is 0.146. The van der Waals surface area contributed by atoms with E-state index in [0.29, 0.717) is 22.2 Å². The number of aromatic nitrogens is 1. The van der Waals surface area contributed by atoms with Crippen molar-refractivity contribution < 1.29 is 4.79 Å². The number of rotatable bonds is 2. The zero-order valence-electron chi connectivity index (χ0n) is 12.8. The monoisotopic (exact) mass is 307 g/mol. The standard InChI is InChI=1S/C18H17N3O2/c19-10-14-16(21-7-5-18(3-4-18)6-8-21)13-9-12(11-22)1-2-15(13)20-17(14)23/h1-2,9,11H,3-8H2,(H,20,23). The smallest absolute Gasteiger partial charge is 0.268 e. The summed E-state index contributed by atoms with van der Waals surface area (Å²) in [5.74, 6) is 0. The van der Waals surface area contributed by atoms with E-state index < -0.39 is 0 Å². The first-order chi connectivity index (χ1) is 11.2. The Morgan fingerprint density at radius 2 is 1.96 bits per heavy atom. The van der Waals surface area contributed by atoms with Gasteiger partial charge in [-0.25, -0.2) is 0 Å². The van der Waals surface area contributed by atoms with Crippen LogP contribution in [-0.4, -0.2) is 24.4 Å². The molecule has 5 nitrogen and oxygen atoms in total. The molecule has 1 aliphatic heterocycles. The number of nitriles is 1. The topological polar surface area (TPSA) is 77.0 Å². The number of nitrogens with zero attached hydrogens (tertiary/aromatic N) is 2. The van der Waals surface area contributed by atoms with Crippen LogP contribution in [0.5, 0.6) is 0 Å². The summed E-state index contributed by atoms with van der Waals surface area (Å²) in [6.45, 7) is 1.72. The first kappa shape index (κ1) is 14.0. The number of pyridine rings is 1. The van der Waals surface area contributed by atoms with Crippen LogP contribution in [0.3, 0.4) is 0 Å². The molecule has 0 unspecified atom stereocenters. The van der Waals surface area contributed by atoms with E-state index in [1.807, 2.05) is 0 Å². The molecule has 1 saturated carbocycles. The Bertz CT molecular complexity index is 893. The average molecular weight is 307 g/mol. The molecular weight excluding hydrogens is 290 g/mol. The molecule has 0 amide bonds. The molecule has 2 aromatic rings. The van der Waals surface area contributed by atoms with E-state index in [2.05, 4.69) is 16.0 Å². The zero-order valence-corrected chi connectivity index (χ0v) is 12.8. The number of aromatic amines is 1. The third-order valence-electron chi connectivity index (χ3n) is 5.36. The fourth-order valence-corrected chi connectivity index (χ4v) is 3.68. The number of hydrogen-bond acceptors (Lipinski definition) is 4. The maximum atomic E-state index is 12.2.